The Labute approximate surface area is 299 Å². The molecule has 0 bridgehead atoms. The first-order valence-electron chi connectivity index (χ1n) is 17.4. The van der Waals surface area contributed by atoms with Gasteiger partial charge in [0.05, 0.1) is 28.8 Å². The van der Waals surface area contributed by atoms with E-state index >= 15 is 4.39 Å². The third kappa shape index (κ3) is 6.53. The van der Waals surface area contributed by atoms with E-state index < -0.39 is 46.2 Å². The van der Waals surface area contributed by atoms with Crippen molar-refractivity contribution in [3.8, 4) is 17.2 Å². The number of hydrogen-bond acceptors (Lipinski definition) is 9. The van der Waals surface area contributed by atoms with Gasteiger partial charge in [-0.1, -0.05) is 24.3 Å². The van der Waals surface area contributed by atoms with Crippen LogP contribution in [0.1, 0.15) is 64.7 Å². The first-order valence-corrected chi connectivity index (χ1v) is 17.4. The van der Waals surface area contributed by atoms with Crippen LogP contribution in [0.5, 0.6) is 11.5 Å². The summed E-state index contributed by atoms with van der Waals surface area (Å²) < 4.78 is 35.7. The van der Waals surface area contributed by atoms with Crippen molar-refractivity contribution < 1.29 is 33.0 Å². The smallest absolute Gasteiger partial charge is 0.407 e. The quantitative estimate of drug-likeness (QED) is 0.195. The van der Waals surface area contributed by atoms with E-state index in [9.17, 15) is 19.2 Å². The molecule has 4 aromatic rings. The number of aromatic nitrogens is 1. The molecule has 2 atom stereocenters. The average molecular weight is 715 g/mol. The Hall–Kier alpha value is -5.53. The van der Waals surface area contributed by atoms with E-state index in [1.165, 1.54) is 11.1 Å². The Balaban J connectivity index is 1.30. The summed E-state index contributed by atoms with van der Waals surface area (Å²) >= 11 is 0. The van der Waals surface area contributed by atoms with Crippen molar-refractivity contribution in [2.45, 2.75) is 77.7 Å². The fourth-order valence-corrected chi connectivity index (χ4v) is 7.11. The summed E-state index contributed by atoms with van der Waals surface area (Å²) in [5.41, 5.74) is 4.61. The Kier molecular flexibility index (Phi) is 8.46. The lowest BCUT2D eigenvalue weighted by atomic mass is 10.0. The highest BCUT2D eigenvalue weighted by molar-refractivity contribution is 6.06. The molecule has 0 aliphatic carbocycles. The van der Waals surface area contributed by atoms with Gasteiger partial charge in [-0.2, -0.15) is 0 Å². The normalized spacial score (nSPS) is 18.3. The number of anilines is 2. The number of hydrogen-bond donors (Lipinski definition) is 3. The number of nitrogens with zero attached hydrogens (tertiary/aromatic N) is 3. The predicted molar refractivity (Wildman–Crippen MR) is 195 cm³/mol. The summed E-state index contributed by atoms with van der Waals surface area (Å²) in [4.78, 5) is 56.6. The van der Waals surface area contributed by atoms with Gasteiger partial charge in [0.15, 0.2) is 17.3 Å². The molecule has 3 aromatic carbocycles. The minimum absolute atomic E-state index is 0.0557. The van der Waals surface area contributed by atoms with Crippen LogP contribution in [0.25, 0.3) is 27.4 Å². The fraction of sp³-hybridized carbons (Fsp3) is 0.421. The molecule has 0 saturated carbocycles. The standard InChI is InChI=1S/C38H43FN6O7/c1-37(2,3)51-35(48)41-22-11-13-43(17-22)31-28(39)29(40)27-30-33(31)50-26-16-21-10-8-7-9-20(21)15-25(26)45(30)19-24(32(27)46)34(47)44-14-12-23(18-44)42-36(49)52-38(4,5)6/h7-10,15-16,19,22-23H,11-14,17-18,40H2,1-6H3,(H,41,48)(H,42,49). The molecule has 52 heavy (non-hydrogen) atoms. The average Bonchev–Trinajstić information content (AvgIpc) is 3.70. The molecule has 2 unspecified atom stereocenters. The van der Waals surface area contributed by atoms with Gasteiger partial charge >= 0.3 is 12.2 Å². The molecule has 4 heterocycles. The summed E-state index contributed by atoms with van der Waals surface area (Å²) in [5.74, 6) is -0.952. The molecule has 0 radical (unpaired) electrons. The number of ether oxygens (including phenoxy) is 3. The second-order valence-corrected chi connectivity index (χ2v) is 15.6. The van der Waals surface area contributed by atoms with Gasteiger partial charge in [-0.25, -0.2) is 14.0 Å². The molecule has 0 spiro atoms. The van der Waals surface area contributed by atoms with Crippen molar-refractivity contribution >= 4 is 51.1 Å². The van der Waals surface area contributed by atoms with Crippen molar-refractivity contribution in [2.24, 2.45) is 0 Å². The second-order valence-electron chi connectivity index (χ2n) is 15.6. The number of nitrogens with one attached hydrogen (secondary N) is 2. The van der Waals surface area contributed by atoms with E-state index in [-0.39, 0.29) is 59.6 Å². The molecule has 4 N–H and O–H groups in total. The largest absolute Gasteiger partial charge is 0.451 e. The summed E-state index contributed by atoms with van der Waals surface area (Å²) in [5, 5.41) is 7.24. The number of amides is 3. The van der Waals surface area contributed by atoms with Crippen LogP contribution < -0.4 is 31.4 Å². The van der Waals surface area contributed by atoms with E-state index in [2.05, 4.69) is 10.6 Å². The van der Waals surface area contributed by atoms with Crippen LogP contribution in [0.3, 0.4) is 0 Å². The summed E-state index contributed by atoms with van der Waals surface area (Å²) in [7, 11) is 0. The SMILES string of the molecule is CC(C)(C)OC(=O)NC1CCN(C(=O)c2cn3c4c(c(N5CCC(NC(=O)OC(C)(C)C)C5)c(F)c(N)c4c2=O)Oc2cc4ccccc4cc2-3)C1. The highest BCUT2D eigenvalue weighted by atomic mass is 19.1. The molecule has 13 nitrogen and oxygen atoms in total. The Morgan fingerprint density at radius 2 is 1.50 bits per heavy atom. The number of alkyl carbamates (subject to hydrolysis) is 2. The van der Waals surface area contributed by atoms with E-state index in [0.29, 0.717) is 30.8 Å². The number of rotatable bonds is 4. The molecule has 3 amide bonds. The first kappa shape index (κ1) is 34.9. The third-order valence-corrected chi connectivity index (χ3v) is 9.30. The predicted octanol–water partition coefficient (Wildman–Crippen LogP) is 5.81. The number of nitrogens with two attached hydrogens (primary N) is 1. The molecule has 1 aromatic heterocycles. The maximum absolute atomic E-state index is 16.7. The molecule has 7 rings (SSSR count). The van der Waals surface area contributed by atoms with Crippen molar-refractivity contribution in [2.75, 3.05) is 36.8 Å². The molecular weight excluding hydrogens is 671 g/mol. The van der Waals surface area contributed by atoms with Crippen LogP contribution in [0.2, 0.25) is 0 Å². The van der Waals surface area contributed by atoms with Crippen molar-refractivity contribution in [1.82, 2.24) is 20.1 Å². The summed E-state index contributed by atoms with van der Waals surface area (Å²) in [6, 6.07) is 10.6. The van der Waals surface area contributed by atoms with Crippen molar-refractivity contribution in [3.63, 3.8) is 0 Å². The summed E-state index contributed by atoms with van der Waals surface area (Å²) in [6.45, 7) is 11.6. The zero-order valence-corrected chi connectivity index (χ0v) is 30.1. The number of carbonyl (C=O) groups excluding carboxylic acids is 3. The number of pyridine rings is 1. The summed E-state index contributed by atoms with van der Waals surface area (Å²) in [6.07, 6.45) is 1.25. The third-order valence-electron chi connectivity index (χ3n) is 9.30. The lowest BCUT2D eigenvalue weighted by molar-refractivity contribution is 0.0494. The van der Waals surface area contributed by atoms with Crippen LogP contribution in [-0.2, 0) is 9.47 Å². The first-order chi connectivity index (χ1) is 24.5. The number of halogens is 1. The number of likely N-dealkylation sites (tertiary alicyclic amines) is 1. The highest BCUT2D eigenvalue weighted by Gasteiger charge is 2.38. The maximum Gasteiger partial charge on any atom is 0.407 e. The number of nitrogen functional groups attached to an aromatic ring is 1. The minimum atomic E-state index is -0.860. The number of benzene rings is 3. The lowest BCUT2D eigenvalue weighted by Gasteiger charge is -2.30. The van der Waals surface area contributed by atoms with Gasteiger partial charge in [0.1, 0.15) is 28.0 Å². The van der Waals surface area contributed by atoms with Crippen LogP contribution in [-0.4, -0.2) is 77.0 Å². The zero-order chi connectivity index (χ0) is 37.3. The molecular formula is C38H43FN6O7. The topological polar surface area (TPSA) is 157 Å². The van der Waals surface area contributed by atoms with Crippen LogP contribution in [0.15, 0.2) is 47.4 Å². The Morgan fingerprint density at radius 1 is 0.904 bits per heavy atom. The fourth-order valence-electron chi connectivity index (χ4n) is 7.11. The molecule has 2 saturated heterocycles. The monoisotopic (exact) mass is 714 g/mol. The van der Waals surface area contributed by atoms with Crippen molar-refractivity contribution in [3.05, 3.63) is 64.2 Å². The molecule has 274 valence electrons. The Morgan fingerprint density at radius 3 is 2.13 bits per heavy atom. The van der Waals surface area contributed by atoms with Gasteiger partial charge in [-0.05, 0) is 77.3 Å². The van der Waals surface area contributed by atoms with Gasteiger partial charge < -0.3 is 44.9 Å². The van der Waals surface area contributed by atoms with Crippen LogP contribution in [0.4, 0.5) is 25.4 Å². The number of fused-ring (bicyclic) bond motifs is 3. The van der Waals surface area contributed by atoms with E-state index in [0.717, 1.165) is 10.8 Å². The molecule has 3 aliphatic rings. The lowest BCUT2D eigenvalue weighted by Crippen LogP contribution is -2.41. The highest BCUT2D eigenvalue weighted by Crippen LogP contribution is 2.50. The molecule has 2 fully saturated rings. The van der Waals surface area contributed by atoms with Crippen LogP contribution >= 0.6 is 0 Å². The molecule has 14 heteroatoms. The Bertz CT molecular complexity index is 2210. The minimum Gasteiger partial charge on any atom is -0.451 e. The van der Waals surface area contributed by atoms with E-state index in [1.54, 1.807) is 51.0 Å². The van der Waals surface area contributed by atoms with Gasteiger partial charge in [0.25, 0.3) is 5.91 Å². The van der Waals surface area contributed by atoms with Crippen LogP contribution in [0, 0.1) is 5.82 Å². The van der Waals surface area contributed by atoms with E-state index in [4.69, 9.17) is 19.9 Å². The van der Waals surface area contributed by atoms with E-state index in [1.807, 2.05) is 36.4 Å². The van der Waals surface area contributed by atoms with Gasteiger partial charge in [0, 0.05) is 32.4 Å². The van der Waals surface area contributed by atoms with Gasteiger partial charge in [-0.3, -0.25) is 9.59 Å². The number of carbonyl (C=O) groups is 3. The van der Waals surface area contributed by atoms with Gasteiger partial charge in [-0.15, -0.1) is 0 Å². The van der Waals surface area contributed by atoms with Crippen molar-refractivity contribution in [1.29, 1.82) is 0 Å². The molecule has 3 aliphatic heterocycles. The zero-order valence-electron chi connectivity index (χ0n) is 30.1. The second kappa shape index (κ2) is 12.6. The maximum atomic E-state index is 16.7. The van der Waals surface area contributed by atoms with Gasteiger partial charge in [0.2, 0.25) is 5.43 Å².